The van der Waals surface area contributed by atoms with Gasteiger partial charge in [-0.05, 0) is 38.5 Å². The van der Waals surface area contributed by atoms with Gasteiger partial charge < -0.3 is 9.51 Å². The maximum Gasteiger partial charge on any atom is 0.274 e. The molecular formula is C16H14BrN3O2. The van der Waals surface area contributed by atoms with Crippen molar-refractivity contribution in [1.82, 2.24) is 15.1 Å². The number of hydrogen-bond acceptors (Lipinski definition) is 4. The summed E-state index contributed by atoms with van der Waals surface area (Å²) in [5.41, 5.74) is 3.56. The molecule has 1 N–H and O–H groups in total. The van der Waals surface area contributed by atoms with Gasteiger partial charge >= 0.3 is 0 Å². The Balaban J connectivity index is 2.08. The summed E-state index contributed by atoms with van der Waals surface area (Å²) < 4.78 is 6.07. The first-order valence-electron chi connectivity index (χ1n) is 6.77. The standard InChI is InChI=1S/C16H14BrN3O2/c1-8-13(15(21)11-5-4-6-12(17)7-11)9(2)18-14(8)16-19-10(3)20-22-16/h4-7,18H,1-3H3. The van der Waals surface area contributed by atoms with Gasteiger partial charge in [-0.2, -0.15) is 4.98 Å². The number of aromatic nitrogens is 3. The third-order valence-corrected chi connectivity index (χ3v) is 3.99. The number of rotatable bonds is 3. The van der Waals surface area contributed by atoms with Gasteiger partial charge in [0.2, 0.25) is 0 Å². The summed E-state index contributed by atoms with van der Waals surface area (Å²) in [5, 5.41) is 3.79. The first-order valence-corrected chi connectivity index (χ1v) is 7.56. The monoisotopic (exact) mass is 359 g/mol. The molecule has 0 spiro atoms. The highest BCUT2D eigenvalue weighted by atomic mass is 79.9. The Kier molecular flexibility index (Phi) is 3.70. The van der Waals surface area contributed by atoms with Crippen LogP contribution in [0.5, 0.6) is 0 Å². The summed E-state index contributed by atoms with van der Waals surface area (Å²) in [4.78, 5) is 20.2. The van der Waals surface area contributed by atoms with Crippen molar-refractivity contribution < 1.29 is 9.32 Å². The Bertz CT molecular complexity index is 864. The van der Waals surface area contributed by atoms with Crippen molar-refractivity contribution in [2.45, 2.75) is 20.8 Å². The van der Waals surface area contributed by atoms with Crippen molar-refractivity contribution >= 4 is 21.7 Å². The Morgan fingerprint density at radius 2 is 2.05 bits per heavy atom. The fourth-order valence-corrected chi connectivity index (χ4v) is 2.88. The van der Waals surface area contributed by atoms with E-state index in [4.69, 9.17) is 4.52 Å². The first-order chi connectivity index (χ1) is 10.5. The van der Waals surface area contributed by atoms with E-state index in [1.54, 1.807) is 13.0 Å². The first kappa shape index (κ1) is 14.7. The summed E-state index contributed by atoms with van der Waals surface area (Å²) >= 11 is 3.39. The van der Waals surface area contributed by atoms with Crippen LogP contribution in [-0.4, -0.2) is 20.9 Å². The molecule has 0 bridgehead atoms. The molecule has 1 aromatic carbocycles. The van der Waals surface area contributed by atoms with E-state index in [1.165, 1.54) is 0 Å². The summed E-state index contributed by atoms with van der Waals surface area (Å²) in [7, 11) is 0. The number of ketones is 1. The van der Waals surface area contributed by atoms with Crippen molar-refractivity contribution in [2.24, 2.45) is 0 Å². The lowest BCUT2D eigenvalue weighted by Gasteiger charge is -2.03. The fourth-order valence-electron chi connectivity index (χ4n) is 2.48. The number of nitrogens with zero attached hydrogens (tertiary/aromatic N) is 2. The van der Waals surface area contributed by atoms with Gasteiger partial charge in [0.1, 0.15) is 5.69 Å². The van der Waals surface area contributed by atoms with Gasteiger partial charge in [-0.1, -0.05) is 33.2 Å². The van der Waals surface area contributed by atoms with E-state index in [0.29, 0.717) is 28.5 Å². The van der Waals surface area contributed by atoms with Gasteiger partial charge in [0.15, 0.2) is 11.6 Å². The smallest absolute Gasteiger partial charge is 0.274 e. The zero-order valence-electron chi connectivity index (χ0n) is 12.4. The highest BCUT2D eigenvalue weighted by Crippen LogP contribution is 2.28. The molecule has 5 nitrogen and oxygen atoms in total. The van der Waals surface area contributed by atoms with Crippen LogP contribution in [0.1, 0.15) is 33.0 Å². The van der Waals surface area contributed by atoms with Crippen LogP contribution in [0, 0.1) is 20.8 Å². The van der Waals surface area contributed by atoms with Crippen molar-refractivity contribution in [2.75, 3.05) is 0 Å². The third-order valence-electron chi connectivity index (χ3n) is 3.49. The lowest BCUT2D eigenvalue weighted by molar-refractivity contribution is 0.103. The summed E-state index contributed by atoms with van der Waals surface area (Å²) in [5.74, 6) is 0.919. The molecule has 0 saturated heterocycles. The molecule has 0 aliphatic rings. The highest BCUT2D eigenvalue weighted by Gasteiger charge is 2.22. The molecule has 2 heterocycles. The molecule has 0 radical (unpaired) electrons. The van der Waals surface area contributed by atoms with E-state index in [9.17, 15) is 4.79 Å². The molecule has 6 heteroatoms. The molecule has 3 rings (SSSR count). The topological polar surface area (TPSA) is 71.8 Å². The molecular weight excluding hydrogens is 346 g/mol. The SMILES string of the molecule is Cc1noc(-c2[nH]c(C)c(C(=O)c3cccc(Br)c3)c2C)n1. The molecule has 0 aliphatic heterocycles. The molecule has 0 saturated carbocycles. The van der Waals surface area contributed by atoms with Crippen LogP contribution < -0.4 is 0 Å². The number of nitrogens with one attached hydrogen (secondary N) is 1. The van der Waals surface area contributed by atoms with E-state index in [1.807, 2.05) is 32.0 Å². The van der Waals surface area contributed by atoms with E-state index in [2.05, 4.69) is 31.1 Å². The fraction of sp³-hybridized carbons (Fsp3) is 0.188. The van der Waals surface area contributed by atoms with Gasteiger partial charge in [-0.25, -0.2) is 0 Å². The molecule has 0 atom stereocenters. The van der Waals surface area contributed by atoms with Crippen LogP contribution in [0.15, 0.2) is 33.3 Å². The normalized spacial score (nSPS) is 10.9. The quantitative estimate of drug-likeness (QED) is 0.717. The number of halogens is 1. The van der Waals surface area contributed by atoms with Gasteiger partial charge in [-0.15, -0.1) is 0 Å². The van der Waals surface area contributed by atoms with Crippen LogP contribution in [0.4, 0.5) is 0 Å². The molecule has 0 fully saturated rings. The van der Waals surface area contributed by atoms with Crippen LogP contribution >= 0.6 is 15.9 Å². The van der Waals surface area contributed by atoms with Crippen molar-refractivity contribution in [3.63, 3.8) is 0 Å². The molecule has 2 aromatic heterocycles. The Morgan fingerprint density at radius 1 is 1.27 bits per heavy atom. The highest BCUT2D eigenvalue weighted by molar-refractivity contribution is 9.10. The molecule has 3 aromatic rings. The second-order valence-electron chi connectivity index (χ2n) is 5.11. The summed E-state index contributed by atoms with van der Waals surface area (Å²) in [6, 6.07) is 7.34. The minimum atomic E-state index is -0.0324. The largest absolute Gasteiger partial charge is 0.354 e. The van der Waals surface area contributed by atoms with Crippen LogP contribution in [0.3, 0.4) is 0 Å². The number of carbonyl (C=O) groups is 1. The van der Waals surface area contributed by atoms with Gasteiger partial charge in [0.25, 0.3) is 5.89 Å². The van der Waals surface area contributed by atoms with E-state index in [0.717, 1.165) is 15.7 Å². The Labute approximate surface area is 135 Å². The molecule has 0 unspecified atom stereocenters. The zero-order valence-corrected chi connectivity index (χ0v) is 14.0. The molecule has 0 amide bonds. The Morgan fingerprint density at radius 3 is 2.68 bits per heavy atom. The number of carbonyl (C=O) groups excluding carboxylic acids is 1. The second-order valence-corrected chi connectivity index (χ2v) is 6.03. The predicted octanol–water partition coefficient (Wildman–Crippen LogP) is 3.98. The lowest BCUT2D eigenvalue weighted by Crippen LogP contribution is -2.03. The zero-order chi connectivity index (χ0) is 15.9. The average molecular weight is 360 g/mol. The second kappa shape index (κ2) is 5.53. The van der Waals surface area contributed by atoms with Gasteiger partial charge in [-0.3, -0.25) is 4.79 Å². The number of H-pyrrole nitrogens is 1. The van der Waals surface area contributed by atoms with E-state index < -0.39 is 0 Å². The number of aromatic amines is 1. The summed E-state index contributed by atoms with van der Waals surface area (Å²) in [6.07, 6.45) is 0. The molecule has 0 aliphatic carbocycles. The minimum Gasteiger partial charge on any atom is -0.354 e. The maximum absolute atomic E-state index is 12.8. The molecule has 112 valence electrons. The third kappa shape index (κ3) is 2.50. The molecule has 22 heavy (non-hydrogen) atoms. The Hall–Kier alpha value is -2.21. The van der Waals surface area contributed by atoms with Gasteiger partial charge in [0, 0.05) is 21.3 Å². The minimum absolute atomic E-state index is 0.0324. The number of hydrogen-bond donors (Lipinski definition) is 1. The van der Waals surface area contributed by atoms with Crippen molar-refractivity contribution in [1.29, 1.82) is 0 Å². The van der Waals surface area contributed by atoms with Crippen LogP contribution in [-0.2, 0) is 0 Å². The average Bonchev–Trinajstić information content (AvgIpc) is 3.02. The van der Waals surface area contributed by atoms with Crippen LogP contribution in [0.25, 0.3) is 11.6 Å². The van der Waals surface area contributed by atoms with Crippen molar-refractivity contribution in [3.05, 3.63) is 56.9 Å². The van der Waals surface area contributed by atoms with Crippen molar-refractivity contribution in [3.8, 4) is 11.6 Å². The maximum atomic E-state index is 12.8. The van der Waals surface area contributed by atoms with Gasteiger partial charge in [0.05, 0.1) is 0 Å². The summed E-state index contributed by atoms with van der Waals surface area (Å²) in [6.45, 7) is 5.50. The van der Waals surface area contributed by atoms with E-state index >= 15 is 0 Å². The lowest BCUT2D eigenvalue weighted by atomic mass is 10.00. The van der Waals surface area contributed by atoms with Crippen LogP contribution in [0.2, 0.25) is 0 Å². The predicted molar refractivity (Wildman–Crippen MR) is 85.9 cm³/mol. The number of aryl methyl sites for hydroxylation is 2. The number of benzene rings is 1. The van der Waals surface area contributed by atoms with E-state index in [-0.39, 0.29) is 5.78 Å².